The second kappa shape index (κ2) is 7.02. The Morgan fingerprint density at radius 3 is 1.58 bits per heavy atom. The summed E-state index contributed by atoms with van der Waals surface area (Å²) in [6.45, 7) is 20.3. The molecule has 0 amide bonds. The summed E-state index contributed by atoms with van der Waals surface area (Å²) in [6.07, 6.45) is 0. The maximum absolute atomic E-state index is 2.62. The zero-order valence-corrected chi connectivity index (χ0v) is 13.3. The quantitative estimate of drug-likeness (QED) is 0.759. The van der Waals surface area contributed by atoms with Gasteiger partial charge in [-0.25, -0.2) is 10.0 Å². The molecule has 0 spiro atoms. The fourth-order valence-electron chi connectivity index (χ4n) is 3.23. The van der Waals surface area contributed by atoms with Crippen molar-refractivity contribution < 1.29 is 0 Å². The molecule has 2 aliphatic rings. The maximum atomic E-state index is 2.62. The Kier molecular flexibility index (Phi) is 5.63. The Labute approximate surface area is 119 Å². The van der Waals surface area contributed by atoms with Gasteiger partial charge < -0.3 is 4.90 Å². The first-order valence-electron chi connectivity index (χ1n) is 8.02. The molecule has 0 atom stereocenters. The minimum absolute atomic E-state index is 0.699. The van der Waals surface area contributed by atoms with Gasteiger partial charge in [-0.2, -0.15) is 0 Å². The van der Waals surface area contributed by atoms with E-state index in [-0.39, 0.29) is 0 Å². The fourth-order valence-corrected chi connectivity index (χ4v) is 3.23. The first-order chi connectivity index (χ1) is 9.06. The van der Waals surface area contributed by atoms with Crippen LogP contribution in [-0.2, 0) is 0 Å². The molecule has 4 heteroatoms. The van der Waals surface area contributed by atoms with Crippen molar-refractivity contribution in [2.24, 2.45) is 5.92 Å². The lowest BCUT2D eigenvalue weighted by Crippen LogP contribution is -2.59. The maximum Gasteiger partial charge on any atom is 0.0261 e. The molecule has 112 valence electrons. The molecule has 0 radical (unpaired) electrons. The van der Waals surface area contributed by atoms with Gasteiger partial charge in [0.25, 0.3) is 0 Å². The minimum atomic E-state index is 0.699. The second-order valence-electron chi connectivity index (χ2n) is 6.73. The van der Waals surface area contributed by atoms with Crippen LogP contribution in [-0.4, -0.2) is 84.8 Å². The van der Waals surface area contributed by atoms with Gasteiger partial charge in [0.1, 0.15) is 0 Å². The monoisotopic (exact) mass is 268 g/mol. The number of hydrazine groups is 1. The third-order valence-electron chi connectivity index (χ3n) is 4.39. The highest BCUT2D eigenvalue weighted by atomic mass is 15.6. The summed E-state index contributed by atoms with van der Waals surface area (Å²) < 4.78 is 0. The molecule has 0 saturated carbocycles. The van der Waals surface area contributed by atoms with Gasteiger partial charge >= 0.3 is 0 Å². The predicted molar refractivity (Wildman–Crippen MR) is 81.1 cm³/mol. The molecule has 2 aliphatic heterocycles. The normalized spacial score (nSPS) is 25.6. The van der Waals surface area contributed by atoms with Crippen LogP contribution in [0.15, 0.2) is 0 Å². The van der Waals surface area contributed by atoms with E-state index >= 15 is 0 Å². The van der Waals surface area contributed by atoms with E-state index in [1.54, 1.807) is 0 Å². The summed E-state index contributed by atoms with van der Waals surface area (Å²) in [5, 5.41) is 5.18. The second-order valence-corrected chi connectivity index (χ2v) is 6.73. The van der Waals surface area contributed by atoms with Gasteiger partial charge in [-0.1, -0.05) is 13.8 Å². The first kappa shape index (κ1) is 15.2. The molecule has 0 bridgehead atoms. The van der Waals surface area contributed by atoms with Crippen molar-refractivity contribution in [2.45, 2.75) is 33.7 Å². The van der Waals surface area contributed by atoms with Gasteiger partial charge in [-0.15, -0.1) is 0 Å². The van der Waals surface area contributed by atoms with Gasteiger partial charge in [0.15, 0.2) is 0 Å². The van der Waals surface area contributed by atoms with E-state index in [9.17, 15) is 0 Å². The fraction of sp³-hybridized carbons (Fsp3) is 1.00. The number of piperazine rings is 2. The molecule has 19 heavy (non-hydrogen) atoms. The smallest absolute Gasteiger partial charge is 0.0261 e. The van der Waals surface area contributed by atoms with Crippen LogP contribution in [0.25, 0.3) is 0 Å². The van der Waals surface area contributed by atoms with Crippen LogP contribution in [0.1, 0.15) is 27.7 Å². The molecule has 0 aromatic rings. The van der Waals surface area contributed by atoms with Gasteiger partial charge in [-0.3, -0.25) is 4.90 Å². The summed E-state index contributed by atoms with van der Waals surface area (Å²) in [4.78, 5) is 5.21. The third kappa shape index (κ3) is 4.42. The molecule has 0 aromatic heterocycles. The summed E-state index contributed by atoms with van der Waals surface area (Å²) in [7, 11) is 0. The predicted octanol–water partition coefficient (Wildman–Crippen LogP) is 1.20. The van der Waals surface area contributed by atoms with Crippen LogP contribution in [0, 0.1) is 5.92 Å². The molecular weight excluding hydrogens is 236 g/mol. The molecule has 4 nitrogen and oxygen atoms in total. The van der Waals surface area contributed by atoms with Crippen LogP contribution in [0.3, 0.4) is 0 Å². The van der Waals surface area contributed by atoms with Crippen LogP contribution >= 0.6 is 0 Å². The van der Waals surface area contributed by atoms with Crippen LogP contribution in [0.2, 0.25) is 0 Å². The average Bonchev–Trinajstić information content (AvgIpc) is 2.39. The molecule has 2 fully saturated rings. The van der Waals surface area contributed by atoms with Gasteiger partial charge in [0.2, 0.25) is 0 Å². The number of nitrogens with zero attached hydrogens (tertiary/aromatic N) is 4. The highest BCUT2D eigenvalue weighted by molar-refractivity contribution is 4.77. The van der Waals surface area contributed by atoms with Crippen molar-refractivity contribution in [2.75, 3.05) is 58.9 Å². The SMILES string of the molecule is CC(C)CN1CCN(N2CCN(C(C)C)CC2)CC1. The van der Waals surface area contributed by atoms with Crippen molar-refractivity contribution in [3.63, 3.8) is 0 Å². The lowest BCUT2D eigenvalue weighted by molar-refractivity contribution is -0.0857. The van der Waals surface area contributed by atoms with Gasteiger partial charge in [0.05, 0.1) is 0 Å². The van der Waals surface area contributed by atoms with Crippen molar-refractivity contribution in [1.82, 2.24) is 19.8 Å². The van der Waals surface area contributed by atoms with Crippen LogP contribution in [0.4, 0.5) is 0 Å². The molecular formula is C15H32N4. The standard InChI is InChI=1S/C15H32N4/c1-14(2)13-16-5-9-18(10-6-16)19-11-7-17(8-12-19)15(3)4/h14-15H,5-13H2,1-4H3. The lowest BCUT2D eigenvalue weighted by atomic mass is 10.2. The average molecular weight is 268 g/mol. The first-order valence-corrected chi connectivity index (χ1v) is 8.02. The largest absolute Gasteiger partial charge is 0.300 e. The summed E-state index contributed by atoms with van der Waals surface area (Å²) in [6, 6.07) is 0.699. The van der Waals surface area contributed by atoms with Gasteiger partial charge in [0, 0.05) is 64.9 Å². The van der Waals surface area contributed by atoms with E-state index in [0.29, 0.717) is 6.04 Å². The van der Waals surface area contributed by atoms with Gasteiger partial charge in [-0.05, 0) is 19.8 Å². The van der Waals surface area contributed by atoms with Crippen molar-refractivity contribution >= 4 is 0 Å². The number of rotatable bonds is 4. The molecule has 0 aliphatic carbocycles. The zero-order chi connectivity index (χ0) is 13.8. The Balaban J connectivity index is 1.71. The number of hydrogen-bond donors (Lipinski definition) is 0. The Morgan fingerprint density at radius 1 is 0.684 bits per heavy atom. The van der Waals surface area contributed by atoms with E-state index in [0.717, 1.165) is 5.92 Å². The highest BCUT2D eigenvalue weighted by Gasteiger charge is 2.26. The van der Waals surface area contributed by atoms with E-state index in [1.165, 1.54) is 58.9 Å². The molecule has 0 aromatic carbocycles. The van der Waals surface area contributed by atoms with Crippen LogP contribution in [0.5, 0.6) is 0 Å². The summed E-state index contributed by atoms with van der Waals surface area (Å²) in [5.41, 5.74) is 0. The molecule has 2 heterocycles. The summed E-state index contributed by atoms with van der Waals surface area (Å²) in [5.74, 6) is 0.793. The number of hydrogen-bond acceptors (Lipinski definition) is 4. The summed E-state index contributed by atoms with van der Waals surface area (Å²) >= 11 is 0. The zero-order valence-electron chi connectivity index (χ0n) is 13.3. The van der Waals surface area contributed by atoms with E-state index in [4.69, 9.17) is 0 Å². The highest BCUT2D eigenvalue weighted by Crippen LogP contribution is 2.12. The van der Waals surface area contributed by atoms with Crippen molar-refractivity contribution in [3.8, 4) is 0 Å². The van der Waals surface area contributed by atoms with Crippen molar-refractivity contribution in [3.05, 3.63) is 0 Å². The Morgan fingerprint density at radius 2 is 1.16 bits per heavy atom. The minimum Gasteiger partial charge on any atom is -0.300 e. The Bertz CT molecular complexity index is 251. The van der Waals surface area contributed by atoms with E-state index in [1.807, 2.05) is 0 Å². The van der Waals surface area contributed by atoms with E-state index in [2.05, 4.69) is 47.5 Å². The van der Waals surface area contributed by atoms with Crippen molar-refractivity contribution in [1.29, 1.82) is 0 Å². The Hall–Kier alpha value is -0.160. The molecule has 0 unspecified atom stereocenters. The topological polar surface area (TPSA) is 13.0 Å². The molecule has 2 rings (SSSR count). The molecule has 0 N–H and O–H groups in total. The van der Waals surface area contributed by atoms with Crippen LogP contribution < -0.4 is 0 Å². The van der Waals surface area contributed by atoms with E-state index < -0.39 is 0 Å². The third-order valence-corrected chi connectivity index (χ3v) is 4.39. The lowest BCUT2D eigenvalue weighted by Gasteiger charge is -2.45. The molecule has 2 saturated heterocycles.